The second kappa shape index (κ2) is 9.32. The second-order valence-electron chi connectivity index (χ2n) is 5.65. The molecule has 1 amide bonds. The van der Waals surface area contributed by atoms with E-state index in [0.29, 0.717) is 30.2 Å². The molecule has 1 aromatic heterocycles. The highest BCUT2D eigenvalue weighted by atomic mass is 32.2. The van der Waals surface area contributed by atoms with E-state index in [0.717, 1.165) is 17.7 Å². The van der Waals surface area contributed by atoms with Crippen molar-refractivity contribution >= 4 is 17.7 Å². The topological polar surface area (TPSA) is 77.2 Å². The Morgan fingerprint density at radius 2 is 2.04 bits per heavy atom. The van der Waals surface area contributed by atoms with E-state index in [-0.39, 0.29) is 11.7 Å². The van der Waals surface area contributed by atoms with Crippen molar-refractivity contribution in [3.8, 4) is 17.2 Å². The summed E-state index contributed by atoms with van der Waals surface area (Å²) in [6, 6.07) is 7.45. The second-order valence-corrected chi connectivity index (χ2v) is 6.58. The standard InChI is InChI=1S/C17H23N3O3S/c1-4-22-14-7-5-13(6-8-14)16-19-20-17(23-16)24-11-15(21)18-10-9-12(2)3/h5-8,12H,4,9-11H2,1-3H3,(H,18,21). The van der Waals surface area contributed by atoms with Crippen LogP contribution in [-0.2, 0) is 4.79 Å². The van der Waals surface area contributed by atoms with Gasteiger partial charge in [-0.25, -0.2) is 0 Å². The zero-order valence-corrected chi connectivity index (χ0v) is 15.1. The first-order chi connectivity index (χ1) is 11.6. The van der Waals surface area contributed by atoms with Gasteiger partial charge in [0.05, 0.1) is 12.4 Å². The smallest absolute Gasteiger partial charge is 0.277 e. The number of carbonyl (C=O) groups excluding carboxylic acids is 1. The lowest BCUT2D eigenvalue weighted by Gasteiger charge is -2.05. The number of nitrogens with one attached hydrogen (secondary N) is 1. The number of benzene rings is 1. The average molecular weight is 349 g/mol. The number of rotatable bonds is 9. The van der Waals surface area contributed by atoms with Crippen LogP contribution >= 0.6 is 11.8 Å². The molecule has 0 atom stereocenters. The number of thioether (sulfide) groups is 1. The van der Waals surface area contributed by atoms with E-state index >= 15 is 0 Å². The van der Waals surface area contributed by atoms with Crippen molar-refractivity contribution in [2.24, 2.45) is 5.92 Å². The third-order valence-electron chi connectivity index (χ3n) is 3.19. The SMILES string of the molecule is CCOc1ccc(-c2nnc(SCC(=O)NCCC(C)C)o2)cc1. The van der Waals surface area contributed by atoms with Gasteiger partial charge in [0.2, 0.25) is 11.8 Å². The van der Waals surface area contributed by atoms with Gasteiger partial charge in [0, 0.05) is 12.1 Å². The average Bonchev–Trinajstić information content (AvgIpc) is 3.02. The van der Waals surface area contributed by atoms with Crippen LogP contribution in [-0.4, -0.2) is 35.0 Å². The lowest BCUT2D eigenvalue weighted by Crippen LogP contribution is -2.26. The third kappa shape index (κ3) is 5.88. The van der Waals surface area contributed by atoms with Gasteiger partial charge in [-0.1, -0.05) is 25.6 Å². The van der Waals surface area contributed by atoms with Gasteiger partial charge in [0.15, 0.2) is 0 Å². The van der Waals surface area contributed by atoms with E-state index < -0.39 is 0 Å². The zero-order chi connectivity index (χ0) is 17.4. The summed E-state index contributed by atoms with van der Waals surface area (Å²) in [5.74, 6) is 2.05. The molecular formula is C17H23N3O3S. The van der Waals surface area contributed by atoms with Gasteiger partial charge in [-0.05, 0) is 43.5 Å². The van der Waals surface area contributed by atoms with Gasteiger partial charge in [-0.2, -0.15) is 0 Å². The van der Waals surface area contributed by atoms with Crippen LogP contribution in [0.25, 0.3) is 11.5 Å². The molecular weight excluding hydrogens is 326 g/mol. The van der Waals surface area contributed by atoms with Crippen molar-refractivity contribution < 1.29 is 13.9 Å². The summed E-state index contributed by atoms with van der Waals surface area (Å²) in [6.45, 7) is 7.51. The summed E-state index contributed by atoms with van der Waals surface area (Å²) >= 11 is 1.24. The van der Waals surface area contributed by atoms with E-state index in [4.69, 9.17) is 9.15 Å². The van der Waals surface area contributed by atoms with E-state index in [9.17, 15) is 4.79 Å². The lowest BCUT2D eigenvalue weighted by molar-refractivity contribution is -0.118. The molecule has 1 aromatic carbocycles. The maximum absolute atomic E-state index is 11.7. The molecule has 0 fully saturated rings. The van der Waals surface area contributed by atoms with E-state index in [2.05, 4.69) is 29.4 Å². The lowest BCUT2D eigenvalue weighted by atomic mass is 10.1. The van der Waals surface area contributed by atoms with Crippen molar-refractivity contribution in [1.29, 1.82) is 0 Å². The van der Waals surface area contributed by atoms with Crippen LogP contribution in [0.1, 0.15) is 27.2 Å². The first-order valence-corrected chi connectivity index (χ1v) is 9.03. The van der Waals surface area contributed by atoms with Gasteiger partial charge >= 0.3 is 0 Å². The summed E-state index contributed by atoms with van der Waals surface area (Å²) in [5, 5.41) is 11.2. The number of hydrogen-bond acceptors (Lipinski definition) is 6. The molecule has 2 rings (SSSR count). The van der Waals surface area contributed by atoms with Crippen LogP contribution < -0.4 is 10.1 Å². The minimum atomic E-state index is -0.0264. The van der Waals surface area contributed by atoms with E-state index in [1.54, 1.807) is 0 Å². The Bertz CT molecular complexity index is 641. The summed E-state index contributed by atoms with van der Waals surface area (Å²) in [5.41, 5.74) is 0.819. The van der Waals surface area contributed by atoms with Crippen molar-refractivity contribution in [2.45, 2.75) is 32.4 Å². The van der Waals surface area contributed by atoms with Crippen LogP contribution in [0.3, 0.4) is 0 Å². The molecule has 1 N–H and O–H groups in total. The maximum atomic E-state index is 11.7. The molecule has 2 aromatic rings. The Morgan fingerprint density at radius 1 is 1.29 bits per heavy atom. The Morgan fingerprint density at radius 3 is 2.71 bits per heavy atom. The summed E-state index contributed by atoms with van der Waals surface area (Å²) in [6.07, 6.45) is 0.971. The fourth-order valence-corrected chi connectivity index (χ4v) is 2.52. The highest BCUT2D eigenvalue weighted by Crippen LogP contribution is 2.24. The Hall–Kier alpha value is -2.02. The summed E-state index contributed by atoms with van der Waals surface area (Å²) in [7, 11) is 0. The predicted octanol–water partition coefficient (Wildman–Crippen LogP) is 3.39. The van der Waals surface area contributed by atoms with E-state index in [1.807, 2.05) is 31.2 Å². The zero-order valence-electron chi connectivity index (χ0n) is 14.2. The van der Waals surface area contributed by atoms with Crippen LogP contribution in [0.5, 0.6) is 5.75 Å². The molecule has 130 valence electrons. The van der Waals surface area contributed by atoms with Crippen LogP contribution in [0.4, 0.5) is 0 Å². The van der Waals surface area contributed by atoms with Crippen LogP contribution in [0.15, 0.2) is 33.9 Å². The molecule has 0 saturated carbocycles. The van der Waals surface area contributed by atoms with Gasteiger partial charge < -0.3 is 14.5 Å². The number of amides is 1. The molecule has 0 unspecified atom stereocenters. The van der Waals surface area contributed by atoms with Crippen molar-refractivity contribution in [3.63, 3.8) is 0 Å². The van der Waals surface area contributed by atoms with Crippen LogP contribution in [0, 0.1) is 5.92 Å². The number of hydrogen-bond donors (Lipinski definition) is 1. The first-order valence-electron chi connectivity index (χ1n) is 8.04. The highest BCUT2D eigenvalue weighted by molar-refractivity contribution is 7.99. The molecule has 0 radical (unpaired) electrons. The minimum absolute atomic E-state index is 0.0264. The van der Waals surface area contributed by atoms with Gasteiger partial charge in [0.25, 0.3) is 5.22 Å². The number of nitrogens with zero attached hydrogens (tertiary/aromatic N) is 2. The quantitative estimate of drug-likeness (QED) is 0.699. The summed E-state index contributed by atoms with van der Waals surface area (Å²) in [4.78, 5) is 11.7. The molecule has 7 heteroatoms. The van der Waals surface area contributed by atoms with Crippen molar-refractivity contribution in [2.75, 3.05) is 18.9 Å². The number of ether oxygens (including phenoxy) is 1. The Kier molecular flexibility index (Phi) is 7.11. The van der Waals surface area contributed by atoms with Gasteiger partial charge in [0.1, 0.15) is 5.75 Å². The molecule has 0 aliphatic rings. The number of carbonyl (C=O) groups is 1. The molecule has 1 heterocycles. The fourth-order valence-electron chi connectivity index (χ4n) is 1.92. The third-order valence-corrected chi connectivity index (χ3v) is 4.01. The summed E-state index contributed by atoms with van der Waals surface area (Å²) < 4.78 is 11.0. The molecule has 0 aliphatic carbocycles. The molecule has 24 heavy (non-hydrogen) atoms. The minimum Gasteiger partial charge on any atom is -0.494 e. The van der Waals surface area contributed by atoms with Gasteiger partial charge in [-0.3, -0.25) is 4.79 Å². The molecule has 6 nitrogen and oxygen atoms in total. The molecule has 0 bridgehead atoms. The highest BCUT2D eigenvalue weighted by Gasteiger charge is 2.11. The molecule has 0 aliphatic heterocycles. The molecule has 0 spiro atoms. The van der Waals surface area contributed by atoms with Gasteiger partial charge in [-0.15, -0.1) is 10.2 Å². The maximum Gasteiger partial charge on any atom is 0.277 e. The monoisotopic (exact) mass is 349 g/mol. The Labute approximate surface area is 146 Å². The number of aromatic nitrogens is 2. The normalized spacial score (nSPS) is 10.8. The molecule has 0 saturated heterocycles. The Balaban J connectivity index is 1.83. The van der Waals surface area contributed by atoms with Crippen molar-refractivity contribution in [3.05, 3.63) is 24.3 Å². The first kappa shape index (κ1) is 18.3. The fraction of sp³-hybridized carbons (Fsp3) is 0.471. The van der Waals surface area contributed by atoms with E-state index in [1.165, 1.54) is 11.8 Å². The largest absolute Gasteiger partial charge is 0.494 e. The predicted molar refractivity (Wildman–Crippen MR) is 94.1 cm³/mol. The van der Waals surface area contributed by atoms with Crippen molar-refractivity contribution in [1.82, 2.24) is 15.5 Å². The van der Waals surface area contributed by atoms with Crippen LogP contribution in [0.2, 0.25) is 0 Å².